The van der Waals surface area contributed by atoms with Gasteiger partial charge in [0.25, 0.3) is 5.91 Å². The molecule has 3 rings (SSSR count). The van der Waals surface area contributed by atoms with Gasteiger partial charge in [-0.2, -0.15) is 0 Å². The number of amides is 2. The third kappa shape index (κ3) is 4.08. The first-order valence-electron chi connectivity index (χ1n) is 8.63. The van der Waals surface area contributed by atoms with E-state index in [4.69, 9.17) is 9.47 Å². The lowest BCUT2D eigenvalue weighted by atomic mass is 10.1. The van der Waals surface area contributed by atoms with Gasteiger partial charge in [0.15, 0.2) is 6.10 Å². The van der Waals surface area contributed by atoms with E-state index in [1.807, 2.05) is 0 Å². The van der Waals surface area contributed by atoms with E-state index in [1.54, 1.807) is 56.3 Å². The largest absolute Gasteiger partial charge is 0.481 e. The van der Waals surface area contributed by atoms with Crippen molar-refractivity contribution in [1.82, 2.24) is 0 Å². The van der Waals surface area contributed by atoms with Gasteiger partial charge in [-0.3, -0.25) is 14.5 Å². The summed E-state index contributed by atoms with van der Waals surface area (Å²) in [7, 11) is 0. The van der Waals surface area contributed by atoms with Crippen molar-refractivity contribution in [2.75, 3.05) is 23.4 Å². The van der Waals surface area contributed by atoms with Crippen molar-refractivity contribution in [3.8, 4) is 5.75 Å². The third-order valence-electron chi connectivity index (χ3n) is 4.04. The van der Waals surface area contributed by atoms with Gasteiger partial charge in [-0.15, -0.1) is 0 Å². The molecule has 7 heteroatoms. The van der Waals surface area contributed by atoms with Gasteiger partial charge < -0.3 is 14.8 Å². The molecule has 1 aliphatic heterocycles. The van der Waals surface area contributed by atoms with Crippen molar-refractivity contribution in [3.05, 3.63) is 54.1 Å². The summed E-state index contributed by atoms with van der Waals surface area (Å²) in [5.41, 5.74) is 1.55. The number of carbonyl (C=O) groups is 3. The molecule has 2 aromatic carbocycles. The molecule has 1 N–H and O–H groups in total. The quantitative estimate of drug-likeness (QED) is 0.820. The summed E-state index contributed by atoms with van der Waals surface area (Å²) >= 11 is 0. The molecule has 0 bridgehead atoms. The zero-order valence-electron chi connectivity index (χ0n) is 15.1. The van der Waals surface area contributed by atoms with Gasteiger partial charge in [0.2, 0.25) is 5.91 Å². The van der Waals surface area contributed by atoms with Crippen LogP contribution in [-0.2, 0) is 14.3 Å². The van der Waals surface area contributed by atoms with Gasteiger partial charge in [-0.25, -0.2) is 4.79 Å². The van der Waals surface area contributed by atoms with Gasteiger partial charge >= 0.3 is 5.97 Å². The predicted octanol–water partition coefficient (Wildman–Crippen LogP) is 2.62. The number of hydrogen-bond acceptors (Lipinski definition) is 5. The SMILES string of the molecule is CCOC(=O)c1cccc(O[C@@H](C)C(=O)N2CC(=O)Nc3ccccc32)c1. The number of nitrogens with one attached hydrogen (secondary N) is 1. The third-order valence-corrected chi connectivity index (χ3v) is 4.04. The molecule has 0 radical (unpaired) electrons. The summed E-state index contributed by atoms with van der Waals surface area (Å²) in [4.78, 5) is 38.0. The second-order valence-corrected chi connectivity index (χ2v) is 6.00. The van der Waals surface area contributed by atoms with E-state index in [-0.39, 0.29) is 25.0 Å². The number of fused-ring (bicyclic) bond motifs is 1. The zero-order valence-corrected chi connectivity index (χ0v) is 15.1. The molecule has 1 heterocycles. The Balaban J connectivity index is 1.76. The molecule has 0 saturated carbocycles. The van der Waals surface area contributed by atoms with Crippen molar-refractivity contribution in [2.24, 2.45) is 0 Å². The van der Waals surface area contributed by atoms with Gasteiger partial charge in [-0.1, -0.05) is 18.2 Å². The molecule has 2 amide bonds. The van der Waals surface area contributed by atoms with Crippen LogP contribution in [0.1, 0.15) is 24.2 Å². The summed E-state index contributed by atoms with van der Waals surface area (Å²) in [6.45, 7) is 3.53. The standard InChI is InChI=1S/C20H20N2O5/c1-3-26-20(25)14-7-6-8-15(11-14)27-13(2)19(24)22-12-18(23)21-16-9-4-5-10-17(16)22/h4-11,13H,3,12H2,1-2H3,(H,21,23)/t13-/m0/s1. The highest BCUT2D eigenvalue weighted by Crippen LogP contribution is 2.29. The number of carbonyl (C=O) groups excluding carboxylic acids is 3. The monoisotopic (exact) mass is 368 g/mol. The van der Waals surface area contributed by atoms with Gasteiger partial charge in [0, 0.05) is 0 Å². The van der Waals surface area contributed by atoms with Crippen molar-refractivity contribution in [3.63, 3.8) is 0 Å². The van der Waals surface area contributed by atoms with Gasteiger partial charge in [0.05, 0.1) is 23.5 Å². The summed E-state index contributed by atoms with van der Waals surface area (Å²) in [6.07, 6.45) is -0.846. The Morgan fingerprint density at radius 3 is 2.74 bits per heavy atom. The van der Waals surface area contributed by atoms with E-state index in [0.717, 1.165) is 0 Å². The molecule has 0 fully saturated rings. The first kappa shape index (κ1) is 18.4. The summed E-state index contributed by atoms with van der Waals surface area (Å²) < 4.78 is 10.7. The van der Waals surface area contributed by atoms with Gasteiger partial charge in [0.1, 0.15) is 12.3 Å². The molecule has 7 nitrogen and oxygen atoms in total. The van der Waals surface area contributed by atoms with Crippen LogP contribution in [0.3, 0.4) is 0 Å². The molecule has 2 aromatic rings. The first-order valence-corrected chi connectivity index (χ1v) is 8.63. The average molecular weight is 368 g/mol. The minimum atomic E-state index is -0.846. The maximum atomic E-state index is 12.9. The zero-order chi connectivity index (χ0) is 19.4. The highest BCUT2D eigenvalue weighted by Gasteiger charge is 2.30. The minimum absolute atomic E-state index is 0.0770. The Morgan fingerprint density at radius 2 is 1.96 bits per heavy atom. The molecule has 140 valence electrons. The number of anilines is 2. The lowest BCUT2D eigenvalue weighted by Crippen LogP contribution is -2.47. The number of benzene rings is 2. The van der Waals surface area contributed by atoms with Crippen LogP contribution in [0, 0.1) is 0 Å². The van der Waals surface area contributed by atoms with Crippen molar-refractivity contribution < 1.29 is 23.9 Å². The fraction of sp³-hybridized carbons (Fsp3) is 0.250. The Bertz CT molecular complexity index is 880. The van der Waals surface area contributed by atoms with Crippen LogP contribution in [0.5, 0.6) is 5.75 Å². The van der Waals surface area contributed by atoms with Crippen LogP contribution >= 0.6 is 0 Å². The Hall–Kier alpha value is -3.35. The van der Waals surface area contributed by atoms with Crippen LogP contribution in [0.25, 0.3) is 0 Å². The maximum absolute atomic E-state index is 12.9. The number of para-hydroxylation sites is 2. The molecule has 0 aliphatic carbocycles. The van der Waals surface area contributed by atoms with E-state index in [1.165, 1.54) is 11.0 Å². The fourth-order valence-electron chi connectivity index (χ4n) is 2.81. The molecule has 0 aromatic heterocycles. The molecule has 1 atom stereocenters. The number of ether oxygens (including phenoxy) is 2. The van der Waals surface area contributed by atoms with E-state index in [9.17, 15) is 14.4 Å². The molecular formula is C20H20N2O5. The van der Waals surface area contributed by atoms with Crippen LogP contribution in [0.4, 0.5) is 11.4 Å². The number of hydrogen-bond donors (Lipinski definition) is 1. The lowest BCUT2D eigenvalue weighted by molar-refractivity contribution is -0.126. The smallest absolute Gasteiger partial charge is 0.338 e. The second kappa shape index (κ2) is 7.90. The predicted molar refractivity (Wildman–Crippen MR) is 99.9 cm³/mol. The van der Waals surface area contributed by atoms with Crippen LogP contribution < -0.4 is 15.0 Å². The summed E-state index contributed by atoms with van der Waals surface area (Å²) in [5, 5.41) is 2.74. The van der Waals surface area contributed by atoms with E-state index >= 15 is 0 Å². The Morgan fingerprint density at radius 1 is 1.19 bits per heavy atom. The highest BCUT2D eigenvalue weighted by molar-refractivity contribution is 6.10. The number of esters is 1. The lowest BCUT2D eigenvalue weighted by Gasteiger charge is -2.31. The highest BCUT2D eigenvalue weighted by atomic mass is 16.5. The molecule has 0 saturated heterocycles. The topological polar surface area (TPSA) is 84.9 Å². The Kier molecular flexibility index (Phi) is 5.40. The van der Waals surface area contributed by atoms with Crippen LogP contribution in [0.15, 0.2) is 48.5 Å². The second-order valence-electron chi connectivity index (χ2n) is 6.00. The molecule has 0 spiro atoms. The van der Waals surface area contributed by atoms with Gasteiger partial charge in [-0.05, 0) is 44.2 Å². The van der Waals surface area contributed by atoms with E-state index in [0.29, 0.717) is 22.7 Å². The number of nitrogens with zero attached hydrogens (tertiary/aromatic N) is 1. The first-order chi connectivity index (χ1) is 13.0. The molecule has 0 unspecified atom stereocenters. The normalized spacial score (nSPS) is 14.0. The molecular weight excluding hydrogens is 348 g/mol. The van der Waals surface area contributed by atoms with Crippen molar-refractivity contribution >= 4 is 29.2 Å². The van der Waals surface area contributed by atoms with E-state index < -0.39 is 12.1 Å². The average Bonchev–Trinajstić information content (AvgIpc) is 2.67. The molecule has 27 heavy (non-hydrogen) atoms. The number of rotatable bonds is 5. The van der Waals surface area contributed by atoms with Crippen LogP contribution in [0.2, 0.25) is 0 Å². The maximum Gasteiger partial charge on any atom is 0.338 e. The summed E-state index contributed by atoms with van der Waals surface area (Å²) in [5.74, 6) is -0.697. The van der Waals surface area contributed by atoms with Crippen LogP contribution in [-0.4, -0.2) is 37.0 Å². The molecule has 1 aliphatic rings. The van der Waals surface area contributed by atoms with Crippen molar-refractivity contribution in [1.29, 1.82) is 0 Å². The van der Waals surface area contributed by atoms with Crippen molar-refractivity contribution in [2.45, 2.75) is 20.0 Å². The minimum Gasteiger partial charge on any atom is -0.481 e. The fourth-order valence-corrected chi connectivity index (χ4v) is 2.81. The Labute approximate surface area is 156 Å². The van der Waals surface area contributed by atoms with E-state index in [2.05, 4.69) is 5.32 Å². The summed E-state index contributed by atoms with van der Waals surface area (Å²) in [6, 6.07) is 13.5.